The summed E-state index contributed by atoms with van der Waals surface area (Å²) in [7, 11) is 0. The van der Waals surface area contributed by atoms with Crippen LogP contribution in [-0.2, 0) is 4.79 Å². The highest BCUT2D eigenvalue weighted by atomic mass is 16.1. The van der Waals surface area contributed by atoms with E-state index < -0.39 is 0 Å². The van der Waals surface area contributed by atoms with Crippen molar-refractivity contribution in [1.82, 2.24) is 15.3 Å². The predicted octanol–water partition coefficient (Wildman–Crippen LogP) is 5.01. The quantitative estimate of drug-likeness (QED) is 0.611. The van der Waals surface area contributed by atoms with Crippen LogP contribution in [0, 0.1) is 0 Å². The molecule has 2 heterocycles. The molecule has 1 aromatic carbocycles. The molecule has 2 aromatic heterocycles. The Balaban J connectivity index is 2.10. The topological polar surface area (TPSA) is 57.8 Å². The van der Waals surface area contributed by atoms with E-state index >= 15 is 0 Å². The smallest absolute Gasteiger partial charge is 0.221 e. The summed E-state index contributed by atoms with van der Waals surface area (Å²) in [6.45, 7) is 9.10. The first-order valence-electron chi connectivity index (χ1n) is 8.59. The number of carbonyl (C=O) groups excluding carboxylic acids is 1. The summed E-state index contributed by atoms with van der Waals surface area (Å²) in [5, 5.41) is 3.78. The summed E-state index contributed by atoms with van der Waals surface area (Å²) in [5.74, 6) is -0.144. The van der Waals surface area contributed by atoms with E-state index in [1.54, 1.807) is 18.2 Å². The molecule has 0 radical (unpaired) electrons. The van der Waals surface area contributed by atoms with Gasteiger partial charge in [0.15, 0.2) is 0 Å². The number of rotatable bonds is 6. The van der Waals surface area contributed by atoms with Crippen LogP contribution in [0.15, 0.2) is 92.0 Å². The monoisotopic (exact) mass is 355 g/mol. The van der Waals surface area contributed by atoms with Crippen LogP contribution in [0.1, 0.15) is 12.5 Å². The standard InChI is InChI=1S/C23H21N3O/c1-4-9-20(26-16(3)27)12-17(5-2)22-15-25-23-21(22)13-19(14-24-23)18-10-7-6-8-11-18/h4-15H,1-2H2,3H3,(H,24,25)(H,26,27)/b17-12+,20-9+. The molecular weight excluding hydrogens is 334 g/mol. The number of nitrogens with zero attached hydrogens (tertiary/aromatic N) is 1. The van der Waals surface area contributed by atoms with E-state index in [0.29, 0.717) is 5.70 Å². The number of hydrogen-bond donors (Lipinski definition) is 2. The first-order valence-corrected chi connectivity index (χ1v) is 8.59. The van der Waals surface area contributed by atoms with Crippen LogP contribution in [0.4, 0.5) is 0 Å². The van der Waals surface area contributed by atoms with Crippen LogP contribution >= 0.6 is 0 Å². The Morgan fingerprint density at radius 2 is 1.96 bits per heavy atom. The Bertz CT molecular complexity index is 1060. The molecule has 0 aliphatic heterocycles. The van der Waals surface area contributed by atoms with Crippen molar-refractivity contribution in [1.29, 1.82) is 0 Å². The molecule has 0 unspecified atom stereocenters. The number of hydrogen-bond acceptors (Lipinski definition) is 2. The van der Waals surface area contributed by atoms with Gasteiger partial charge in [0.25, 0.3) is 0 Å². The SMILES string of the molecule is C=C/C=C(\C=C(/C=C)c1c[nH]c2ncc(-c3ccccc3)cc12)NC(C)=O. The molecule has 0 bridgehead atoms. The second-order valence-corrected chi connectivity index (χ2v) is 6.03. The van der Waals surface area contributed by atoms with Crippen molar-refractivity contribution in [3.05, 3.63) is 97.5 Å². The maximum Gasteiger partial charge on any atom is 0.221 e. The third kappa shape index (κ3) is 4.12. The van der Waals surface area contributed by atoms with E-state index in [2.05, 4.69) is 46.6 Å². The molecule has 1 amide bonds. The minimum atomic E-state index is -0.144. The number of aromatic nitrogens is 2. The zero-order valence-electron chi connectivity index (χ0n) is 15.2. The van der Waals surface area contributed by atoms with Gasteiger partial charge in [-0.2, -0.15) is 0 Å². The third-order valence-electron chi connectivity index (χ3n) is 4.10. The number of allylic oxidation sites excluding steroid dienone is 5. The molecule has 0 atom stereocenters. The maximum atomic E-state index is 11.4. The lowest BCUT2D eigenvalue weighted by Crippen LogP contribution is -2.17. The fourth-order valence-corrected chi connectivity index (χ4v) is 2.90. The van der Waals surface area contributed by atoms with Crippen molar-refractivity contribution in [3.8, 4) is 11.1 Å². The number of aromatic amines is 1. The summed E-state index contributed by atoms with van der Waals surface area (Å²) in [4.78, 5) is 19.2. The van der Waals surface area contributed by atoms with E-state index in [1.807, 2.05) is 36.7 Å². The molecule has 4 nitrogen and oxygen atoms in total. The second-order valence-electron chi connectivity index (χ2n) is 6.03. The van der Waals surface area contributed by atoms with E-state index in [9.17, 15) is 4.79 Å². The van der Waals surface area contributed by atoms with Crippen LogP contribution < -0.4 is 5.32 Å². The minimum Gasteiger partial charge on any atom is -0.346 e. The van der Waals surface area contributed by atoms with Gasteiger partial charge in [-0.05, 0) is 29.4 Å². The van der Waals surface area contributed by atoms with Crippen LogP contribution in [0.25, 0.3) is 27.7 Å². The summed E-state index contributed by atoms with van der Waals surface area (Å²) in [5.41, 5.74) is 5.42. The maximum absolute atomic E-state index is 11.4. The van der Waals surface area contributed by atoms with E-state index in [-0.39, 0.29) is 5.91 Å². The molecule has 4 heteroatoms. The van der Waals surface area contributed by atoms with Gasteiger partial charge in [0.05, 0.1) is 0 Å². The van der Waals surface area contributed by atoms with Crippen molar-refractivity contribution in [3.63, 3.8) is 0 Å². The number of pyridine rings is 1. The van der Waals surface area contributed by atoms with Gasteiger partial charge in [0, 0.05) is 41.5 Å². The highest BCUT2D eigenvalue weighted by Gasteiger charge is 2.10. The summed E-state index contributed by atoms with van der Waals surface area (Å²) >= 11 is 0. The molecule has 0 saturated heterocycles. The van der Waals surface area contributed by atoms with Gasteiger partial charge in [-0.3, -0.25) is 4.79 Å². The molecule has 134 valence electrons. The van der Waals surface area contributed by atoms with Crippen LogP contribution in [0.5, 0.6) is 0 Å². The lowest BCUT2D eigenvalue weighted by atomic mass is 10.0. The molecule has 0 aliphatic rings. The molecule has 2 N–H and O–H groups in total. The lowest BCUT2D eigenvalue weighted by molar-refractivity contribution is -0.118. The van der Waals surface area contributed by atoms with Crippen molar-refractivity contribution in [2.45, 2.75) is 6.92 Å². The van der Waals surface area contributed by atoms with Crippen LogP contribution in [0.2, 0.25) is 0 Å². The second kappa shape index (κ2) is 8.15. The van der Waals surface area contributed by atoms with Gasteiger partial charge in [-0.25, -0.2) is 4.98 Å². The Morgan fingerprint density at radius 3 is 2.63 bits per heavy atom. The van der Waals surface area contributed by atoms with Gasteiger partial charge in [-0.15, -0.1) is 0 Å². The van der Waals surface area contributed by atoms with E-state index in [4.69, 9.17) is 0 Å². The molecular formula is C23H21N3O. The van der Waals surface area contributed by atoms with Crippen molar-refractivity contribution in [2.24, 2.45) is 0 Å². The Hall–Kier alpha value is -3.66. The average molecular weight is 355 g/mol. The summed E-state index contributed by atoms with van der Waals surface area (Å²) in [6, 6.07) is 12.2. The summed E-state index contributed by atoms with van der Waals surface area (Å²) < 4.78 is 0. The third-order valence-corrected chi connectivity index (χ3v) is 4.10. The average Bonchev–Trinajstić information content (AvgIpc) is 3.09. The first kappa shape index (κ1) is 18.1. The molecule has 3 aromatic rings. The van der Waals surface area contributed by atoms with Gasteiger partial charge >= 0.3 is 0 Å². The molecule has 3 rings (SSSR count). The zero-order chi connectivity index (χ0) is 19.2. The Labute approximate surface area is 158 Å². The van der Waals surface area contributed by atoms with Gasteiger partial charge in [0.2, 0.25) is 5.91 Å². The fourth-order valence-electron chi connectivity index (χ4n) is 2.90. The van der Waals surface area contributed by atoms with E-state index in [0.717, 1.165) is 33.3 Å². The van der Waals surface area contributed by atoms with E-state index in [1.165, 1.54) is 6.92 Å². The largest absolute Gasteiger partial charge is 0.346 e. The number of nitrogens with one attached hydrogen (secondary N) is 2. The molecule has 0 fully saturated rings. The predicted molar refractivity (Wildman–Crippen MR) is 112 cm³/mol. The molecule has 0 saturated carbocycles. The lowest BCUT2D eigenvalue weighted by Gasteiger charge is -2.07. The normalized spacial score (nSPS) is 12.0. The van der Waals surface area contributed by atoms with Gasteiger partial charge in [-0.1, -0.05) is 55.6 Å². The van der Waals surface area contributed by atoms with Crippen LogP contribution in [-0.4, -0.2) is 15.9 Å². The first-order chi connectivity index (χ1) is 13.1. The minimum absolute atomic E-state index is 0.144. The number of carbonyl (C=O) groups is 1. The Kier molecular flexibility index (Phi) is 5.47. The molecule has 0 aliphatic carbocycles. The molecule has 0 spiro atoms. The highest BCUT2D eigenvalue weighted by molar-refractivity contribution is 5.96. The zero-order valence-corrected chi connectivity index (χ0v) is 15.2. The van der Waals surface area contributed by atoms with Crippen LogP contribution in [0.3, 0.4) is 0 Å². The fraction of sp³-hybridized carbons (Fsp3) is 0.0435. The van der Waals surface area contributed by atoms with Crippen molar-refractivity contribution in [2.75, 3.05) is 0 Å². The van der Waals surface area contributed by atoms with Gasteiger partial charge in [0.1, 0.15) is 5.65 Å². The van der Waals surface area contributed by atoms with Gasteiger partial charge < -0.3 is 10.3 Å². The summed E-state index contributed by atoms with van der Waals surface area (Å²) in [6.07, 6.45) is 10.8. The number of fused-ring (bicyclic) bond motifs is 1. The number of benzene rings is 1. The van der Waals surface area contributed by atoms with Crippen molar-refractivity contribution < 1.29 is 4.79 Å². The van der Waals surface area contributed by atoms with Crippen molar-refractivity contribution >= 4 is 22.5 Å². The molecule has 27 heavy (non-hydrogen) atoms. The number of amides is 1. The number of H-pyrrole nitrogens is 1. The highest BCUT2D eigenvalue weighted by Crippen LogP contribution is 2.29. The Morgan fingerprint density at radius 1 is 1.19 bits per heavy atom.